The van der Waals surface area contributed by atoms with E-state index >= 15 is 0 Å². The first-order valence-corrected chi connectivity index (χ1v) is 15.5. The molecule has 0 heterocycles. The van der Waals surface area contributed by atoms with Crippen LogP contribution >= 0.6 is 0 Å². The minimum absolute atomic E-state index is 0.0575. The molecule has 2 aromatic rings. The van der Waals surface area contributed by atoms with Crippen molar-refractivity contribution in [3.8, 4) is 5.75 Å². The van der Waals surface area contributed by atoms with E-state index in [0.29, 0.717) is 25.9 Å². The Morgan fingerprint density at radius 2 is 1.71 bits per heavy atom. The summed E-state index contributed by atoms with van der Waals surface area (Å²) in [6.07, 6.45) is 5.46. The van der Waals surface area contributed by atoms with E-state index in [-0.39, 0.29) is 29.6 Å². The Morgan fingerprint density at radius 3 is 2.41 bits per heavy atom. The molecule has 0 bridgehead atoms. The number of Topliss-reactive ketones (excluding diaryl/α,β-unsaturated/α-hetero) is 1. The number of ketones is 1. The van der Waals surface area contributed by atoms with Crippen LogP contribution in [0.5, 0.6) is 5.75 Å². The van der Waals surface area contributed by atoms with Crippen LogP contribution in [0.15, 0.2) is 42.5 Å². The van der Waals surface area contributed by atoms with Gasteiger partial charge in [-0.2, -0.15) is 0 Å². The maximum atomic E-state index is 14.4. The molecule has 2 N–H and O–H groups in total. The molecule has 0 radical (unpaired) electrons. The van der Waals surface area contributed by atoms with Crippen LogP contribution in [-0.4, -0.2) is 30.2 Å². The third-order valence-corrected chi connectivity index (χ3v) is 8.90. The Kier molecular flexibility index (Phi) is 9.93. The quantitative estimate of drug-likeness (QED) is 0.365. The average molecular weight is 561 g/mol. The third-order valence-electron chi connectivity index (χ3n) is 8.90. The minimum Gasteiger partial charge on any atom is -0.494 e. The fourth-order valence-electron chi connectivity index (χ4n) is 6.21. The number of aryl methyl sites for hydroxylation is 1. The van der Waals surface area contributed by atoms with Crippen LogP contribution in [0, 0.1) is 23.2 Å². The number of hydrogen-bond acceptors (Lipinski definition) is 4. The van der Waals surface area contributed by atoms with E-state index in [9.17, 15) is 14.4 Å². The molecule has 6 heteroatoms. The van der Waals surface area contributed by atoms with Crippen LogP contribution in [-0.2, 0) is 33.6 Å². The number of nitrogens with one attached hydrogen (secondary N) is 2. The second-order valence-corrected chi connectivity index (χ2v) is 13.1. The summed E-state index contributed by atoms with van der Waals surface area (Å²) in [5, 5.41) is 6.42. The van der Waals surface area contributed by atoms with E-state index in [4.69, 9.17) is 4.74 Å². The molecule has 2 aliphatic carbocycles. The van der Waals surface area contributed by atoms with Crippen molar-refractivity contribution in [2.75, 3.05) is 6.61 Å². The summed E-state index contributed by atoms with van der Waals surface area (Å²) in [7, 11) is 0. The molecule has 1 unspecified atom stereocenters. The highest BCUT2D eigenvalue weighted by molar-refractivity contribution is 5.96. The first kappa shape index (κ1) is 30.8. The lowest BCUT2D eigenvalue weighted by molar-refractivity contribution is -0.139. The van der Waals surface area contributed by atoms with E-state index in [1.165, 1.54) is 11.1 Å². The average Bonchev–Trinajstić information content (AvgIpc) is 2.96. The van der Waals surface area contributed by atoms with Crippen LogP contribution in [0.3, 0.4) is 0 Å². The van der Waals surface area contributed by atoms with E-state index < -0.39 is 23.3 Å². The van der Waals surface area contributed by atoms with Crippen molar-refractivity contribution in [2.24, 2.45) is 23.2 Å². The molecule has 0 saturated carbocycles. The highest BCUT2D eigenvalue weighted by Gasteiger charge is 2.44. The van der Waals surface area contributed by atoms with Gasteiger partial charge in [-0.3, -0.25) is 14.4 Å². The fraction of sp³-hybridized carbons (Fsp3) is 0.571. The van der Waals surface area contributed by atoms with Gasteiger partial charge in [0.25, 0.3) is 0 Å². The Balaban J connectivity index is 1.66. The summed E-state index contributed by atoms with van der Waals surface area (Å²) >= 11 is 0. The number of hydrogen-bond donors (Lipinski definition) is 2. The number of carbonyl (C=O) groups excluding carboxylic acids is 3. The lowest BCUT2D eigenvalue weighted by atomic mass is 9.69. The lowest BCUT2D eigenvalue weighted by Crippen LogP contribution is -2.55. The second kappa shape index (κ2) is 13.2. The number of benzene rings is 2. The molecule has 222 valence electrons. The number of carbonyl (C=O) groups is 3. The van der Waals surface area contributed by atoms with Crippen molar-refractivity contribution in [1.29, 1.82) is 0 Å². The Bertz CT molecular complexity index is 1250. The number of rotatable bonds is 10. The topological polar surface area (TPSA) is 84.5 Å². The molecule has 0 aliphatic heterocycles. The number of fused-ring (bicyclic) bond motifs is 2. The highest BCUT2D eigenvalue weighted by Crippen LogP contribution is 2.37. The molecule has 0 fully saturated rings. The molecule has 0 aromatic heterocycles. The summed E-state index contributed by atoms with van der Waals surface area (Å²) in [6.45, 7) is 12.5. The zero-order valence-corrected chi connectivity index (χ0v) is 25.7. The van der Waals surface area contributed by atoms with Gasteiger partial charge in [0.15, 0.2) is 5.78 Å². The maximum Gasteiger partial charge on any atom is 0.224 e. The third kappa shape index (κ3) is 7.20. The van der Waals surface area contributed by atoms with Crippen LogP contribution in [0.25, 0.3) is 0 Å². The zero-order chi connectivity index (χ0) is 29.7. The molecule has 6 nitrogen and oxygen atoms in total. The van der Waals surface area contributed by atoms with Crippen LogP contribution in [0.2, 0.25) is 0 Å². The minimum atomic E-state index is -0.694. The zero-order valence-electron chi connectivity index (χ0n) is 25.7. The van der Waals surface area contributed by atoms with Crippen molar-refractivity contribution < 1.29 is 19.1 Å². The predicted molar refractivity (Wildman–Crippen MR) is 163 cm³/mol. The Hall–Kier alpha value is -3.15. The van der Waals surface area contributed by atoms with Crippen molar-refractivity contribution in [3.05, 3.63) is 64.7 Å². The molecule has 2 amide bonds. The molecule has 41 heavy (non-hydrogen) atoms. The normalized spacial score (nSPS) is 21.6. The van der Waals surface area contributed by atoms with Gasteiger partial charge in [0, 0.05) is 11.8 Å². The summed E-state index contributed by atoms with van der Waals surface area (Å²) in [5.41, 5.74) is 4.08. The monoisotopic (exact) mass is 560 g/mol. The van der Waals surface area contributed by atoms with Crippen molar-refractivity contribution in [2.45, 2.75) is 98.6 Å². The van der Waals surface area contributed by atoms with Crippen molar-refractivity contribution in [3.63, 3.8) is 0 Å². The Morgan fingerprint density at radius 1 is 0.976 bits per heavy atom. The summed E-state index contributed by atoms with van der Waals surface area (Å²) < 4.78 is 5.90. The molecule has 2 aliphatic rings. The van der Waals surface area contributed by atoms with Crippen LogP contribution in [0.4, 0.5) is 0 Å². The fourth-order valence-corrected chi connectivity index (χ4v) is 6.21. The van der Waals surface area contributed by atoms with Gasteiger partial charge in [-0.15, -0.1) is 0 Å². The number of ether oxygens (including phenoxy) is 1. The van der Waals surface area contributed by atoms with Gasteiger partial charge < -0.3 is 15.4 Å². The lowest BCUT2D eigenvalue weighted by Gasteiger charge is -2.39. The maximum absolute atomic E-state index is 14.4. The highest BCUT2D eigenvalue weighted by atomic mass is 16.5. The molecular weight excluding hydrogens is 512 g/mol. The first-order chi connectivity index (χ1) is 19.5. The molecule has 5 atom stereocenters. The van der Waals surface area contributed by atoms with Gasteiger partial charge in [-0.25, -0.2) is 0 Å². The molecular formula is C35H48N2O4. The van der Waals surface area contributed by atoms with E-state index in [2.05, 4.69) is 35.8 Å². The van der Waals surface area contributed by atoms with Crippen LogP contribution < -0.4 is 15.4 Å². The van der Waals surface area contributed by atoms with Crippen molar-refractivity contribution in [1.82, 2.24) is 10.6 Å². The molecule has 0 saturated heterocycles. The first-order valence-electron chi connectivity index (χ1n) is 15.5. The van der Waals surface area contributed by atoms with Gasteiger partial charge in [0.2, 0.25) is 11.8 Å². The smallest absolute Gasteiger partial charge is 0.224 e. The second-order valence-electron chi connectivity index (χ2n) is 13.1. The summed E-state index contributed by atoms with van der Waals surface area (Å²) in [6, 6.07) is 13.6. The molecule has 4 rings (SSSR count). The standard InChI is InChI=1S/C35H48N2O4/c1-7-18-41-26-17-16-24-20-29(34(40)36-30-15-11-13-23-12-9-10-14-27(23)30)28(21-25(24)19-26)31(38)32(35(4,5)6)37-33(39)22(3)8-2/h9-10,12,14,16-17,19,22,28-30,32H,7-8,11,13,15,18,20-21H2,1-6H3,(H,36,40)(H,37,39)/t22-,28?,29-,30-,32-/m1/s1. The van der Waals surface area contributed by atoms with E-state index in [1.54, 1.807) is 0 Å². The largest absolute Gasteiger partial charge is 0.494 e. The molecule has 0 spiro atoms. The van der Waals surface area contributed by atoms with Gasteiger partial charge in [-0.05, 0) is 84.7 Å². The van der Waals surface area contributed by atoms with E-state index in [1.807, 2.05) is 58.9 Å². The van der Waals surface area contributed by atoms with Crippen LogP contribution in [0.1, 0.15) is 95.5 Å². The summed E-state index contributed by atoms with van der Waals surface area (Å²) in [4.78, 5) is 41.5. The molecule has 2 aromatic carbocycles. The number of amides is 2. The van der Waals surface area contributed by atoms with Gasteiger partial charge in [0.05, 0.1) is 24.6 Å². The van der Waals surface area contributed by atoms with Gasteiger partial charge >= 0.3 is 0 Å². The predicted octanol–water partition coefficient (Wildman–Crippen LogP) is 6.15. The van der Waals surface area contributed by atoms with Gasteiger partial charge in [-0.1, -0.05) is 71.9 Å². The summed E-state index contributed by atoms with van der Waals surface area (Å²) in [5.74, 6) is -0.737. The Labute approximate surface area is 246 Å². The SMILES string of the molecule is CCCOc1ccc2c(c1)CC(C(=O)[C@@H](NC(=O)[C@H](C)CC)C(C)(C)C)[C@H](C(=O)N[C@@H]1CCCc3ccccc31)C2. The van der Waals surface area contributed by atoms with Gasteiger partial charge in [0.1, 0.15) is 5.75 Å². The van der Waals surface area contributed by atoms with E-state index in [0.717, 1.165) is 42.6 Å². The van der Waals surface area contributed by atoms with Crippen molar-refractivity contribution >= 4 is 17.6 Å².